The first-order valence-corrected chi connectivity index (χ1v) is 8.37. The van der Waals surface area contributed by atoms with Crippen LogP contribution in [0.2, 0.25) is 0 Å². The van der Waals surface area contributed by atoms with Gasteiger partial charge in [-0.25, -0.2) is 9.67 Å². The minimum absolute atomic E-state index is 0.201. The maximum atomic E-state index is 12.3. The molecular weight excluding hydrogens is 316 g/mol. The second-order valence-electron chi connectivity index (χ2n) is 6.10. The van der Waals surface area contributed by atoms with E-state index in [9.17, 15) is 4.79 Å². The van der Waals surface area contributed by atoms with Crippen LogP contribution in [0.3, 0.4) is 0 Å². The fraction of sp³-hybridized carbons (Fsp3) is 0.333. The van der Waals surface area contributed by atoms with E-state index in [0.29, 0.717) is 12.2 Å². The molecule has 1 aromatic carbocycles. The second-order valence-corrected chi connectivity index (χ2v) is 6.10. The smallest absolute Gasteiger partial charge is 0.272 e. The summed E-state index contributed by atoms with van der Waals surface area (Å²) in [5, 5.41) is 11.3. The highest BCUT2D eigenvalue weighted by Gasteiger charge is 2.12. The first-order chi connectivity index (χ1) is 12.1. The van der Waals surface area contributed by atoms with Gasteiger partial charge in [0.25, 0.3) is 5.91 Å². The molecule has 0 radical (unpaired) electrons. The van der Waals surface area contributed by atoms with Gasteiger partial charge in [0.15, 0.2) is 0 Å². The van der Waals surface area contributed by atoms with Crippen LogP contribution < -0.4 is 5.32 Å². The monoisotopic (exact) mass is 338 g/mol. The van der Waals surface area contributed by atoms with E-state index in [2.05, 4.69) is 32.6 Å². The molecule has 3 rings (SSSR count). The zero-order valence-electron chi connectivity index (χ0n) is 14.5. The molecule has 0 atom stereocenters. The molecule has 0 bridgehead atoms. The molecule has 1 N–H and O–H groups in total. The van der Waals surface area contributed by atoms with Crippen LogP contribution in [-0.2, 0) is 19.5 Å². The Morgan fingerprint density at radius 2 is 2.00 bits per heavy atom. The number of amides is 1. The fourth-order valence-electron chi connectivity index (χ4n) is 2.58. The Balaban J connectivity index is 1.54. The molecule has 0 aliphatic carbocycles. The third-order valence-corrected chi connectivity index (χ3v) is 3.89. The lowest BCUT2D eigenvalue weighted by atomic mass is 10.2. The third-order valence-electron chi connectivity index (χ3n) is 3.89. The van der Waals surface area contributed by atoms with Crippen molar-refractivity contribution in [2.75, 3.05) is 0 Å². The number of benzene rings is 1. The molecule has 0 unspecified atom stereocenters. The van der Waals surface area contributed by atoms with Crippen molar-refractivity contribution in [1.82, 2.24) is 29.9 Å². The predicted molar refractivity (Wildman–Crippen MR) is 94.0 cm³/mol. The number of hydrogen-bond acceptors (Lipinski definition) is 4. The second kappa shape index (κ2) is 7.74. The Morgan fingerprint density at radius 1 is 1.20 bits per heavy atom. The lowest BCUT2D eigenvalue weighted by Gasteiger charge is -2.09. The molecule has 3 aromatic rings. The lowest BCUT2D eigenvalue weighted by molar-refractivity contribution is 0.0943. The summed E-state index contributed by atoms with van der Waals surface area (Å²) in [4.78, 5) is 16.4. The summed E-state index contributed by atoms with van der Waals surface area (Å²) < 4.78 is 3.58. The Morgan fingerprint density at radius 3 is 2.76 bits per heavy atom. The standard InChI is InChI=1S/C18H22N6O/c1-14(2)24-17(20-13-21-24)12-19-18(25)16-9-11-23(22-16)10-8-15-6-4-3-5-7-15/h3-7,9,11,13-14H,8,10,12H2,1-2H3,(H,19,25). The van der Waals surface area contributed by atoms with Gasteiger partial charge in [-0.2, -0.15) is 10.2 Å². The highest BCUT2D eigenvalue weighted by molar-refractivity contribution is 5.92. The van der Waals surface area contributed by atoms with Gasteiger partial charge in [0.05, 0.1) is 6.54 Å². The van der Waals surface area contributed by atoms with E-state index in [0.717, 1.165) is 18.8 Å². The molecule has 0 aliphatic rings. The van der Waals surface area contributed by atoms with E-state index in [-0.39, 0.29) is 11.9 Å². The van der Waals surface area contributed by atoms with Gasteiger partial charge in [-0.15, -0.1) is 0 Å². The molecule has 2 aromatic heterocycles. The quantitative estimate of drug-likeness (QED) is 0.716. The number of carbonyl (C=O) groups excluding carboxylic acids is 1. The van der Waals surface area contributed by atoms with Crippen LogP contribution in [0.4, 0.5) is 0 Å². The fourth-order valence-corrected chi connectivity index (χ4v) is 2.58. The van der Waals surface area contributed by atoms with Crippen LogP contribution in [-0.4, -0.2) is 30.5 Å². The largest absolute Gasteiger partial charge is 0.343 e. The van der Waals surface area contributed by atoms with Crippen molar-refractivity contribution >= 4 is 5.91 Å². The summed E-state index contributed by atoms with van der Waals surface area (Å²) in [5.41, 5.74) is 1.65. The minimum Gasteiger partial charge on any atom is -0.343 e. The summed E-state index contributed by atoms with van der Waals surface area (Å²) >= 11 is 0. The SMILES string of the molecule is CC(C)n1ncnc1CNC(=O)c1ccn(CCc2ccccc2)n1. The van der Waals surface area contributed by atoms with Crippen LogP contribution >= 0.6 is 0 Å². The summed E-state index contributed by atoms with van der Waals surface area (Å²) in [5.74, 6) is 0.517. The van der Waals surface area contributed by atoms with E-state index >= 15 is 0 Å². The summed E-state index contributed by atoms with van der Waals surface area (Å²) in [6.07, 6.45) is 4.20. The number of aromatic nitrogens is 5. The Kier molecular flexibility index (Phi) is 5.23. The van der Waals surface area contributed by atoms with Crippen molar-refractivity contribution in [3.05, 3.63) is 66.0 Å². The molecule has 25 heavy (non-hydrogen) atoms. The summed E-state index contributed by atoms with van der Waals surface area (Å²) in [6, 6.07) is 12.1. The number of hydrogen-bond donors (Lipinski definition) is 1. The number of nitrogens with one attached hydrogen (secondary N) is 1. The van der Waals surface area contributed by atoms with Crippen molar-refractivity contribution in [2.45, 2.75) is 39.4 Å². The van der Waals surface area contributed by atoms with Crippen LogP contribution in [0.25, 0.3) is 0 Å². The van der Waals surface area contributed by atoms with Gasteiger partial charge < -0.3 is 5.32 Å². The Hall–Kier alpha value is -2.96. The van der Waals surface area contributed by atoms with Gasteiger partial charge >= 0.3 is 0 Å². The van der Waals surface area contributed by atoms with Crippen molar-refractivity contribution < 1.29 is 4.79 Å². The Bertz CT molecular complexity index is 821. The maximum Gasteiger partial charge on any atom is 0.272 e. The summed E-state index contributed by atoms with van der Waals surface area (Å²) in [7, 11) is 0. The van der Waals surface area contributed by atoms with Crippen molar-refractivity contribution in [3.63, 3.8) is 0 Å². The van der Waals surface area contributed by atoms with Crippen molar-refractivity contribution in [1.29, 1.82) is 0 Å². The number of carbonyl (C=O) groups is 1. The van der Waals surface area contributed by atoms with E-state index < -0.39 is 0 Å². The third kappa shape index (κ3) is 4.32. The first kappa shape index (κ1) is 16.9. The molecule has 0 saturated carbocycles. The molecule has 0 saturated heterocycles. The van der Waals surface area contributed by atoms with Crippen LogP contribution in [0, 0.1) is 0 Å². The van der Waals surface area contributed by atoms with Crippen molar-refractivity contribution in [2.24, 2.45) is 0 Å². The maximum absolute atomic E-state index is 12.3. The van der Waals surface area contributed by atoms with E-state index in [1.54, 1.807) is 15.4 Å². The highest BCUT2D eigenvalue weighted by Crippen LogP contribution is 2.06. The molecule has 130 valence electrons. The van der Waals surface area contributed by atoms with Crippen LogP contribution in [0.5, 0.6) is 0 Å². The van der Waals surface area contributed by atoms with E-state index in [1.165, 1.54) is 11.9 Å². The molecule has 2 heterocycles. The molecule has 1 amide bonds. The topological polar surface area (TPSA) is 77.6 Å². The zero-order valence-corrected chi connectivity index (χ0v) is 14.5. The number of rotatable bonds is 7. The molecule has 0 fully saturated rings. The summed E-state index contributed by atoms with van der Waals surface area (Å²) in [6.45, 7) is 5.11. The normalized spacial score (nSPS) is 11.0. The minimum atomic E-state index is -0.211. The number of nitrogens with zero attached hydrogens (tertiary/aromatic N) is 5. The van der Waals surface area contributed by atoms with Crippen LogP contribution in [0.15, 0.2) is 48.9 Å². The van der Waals surface area contributed by atoms with Crippen LogP contribution in [0.1, 0.15) is 41.8 Å². The van der Waals surface area contributed by atoms with Gasteiger partial charge in [-0.3, -0.25) is 9.48 Å². The van der Waals surface area contributed by atoms with Gasteiger partial charge in [0, 0.05) is 18.8 Å². The number of aryl methyl sites for hydroxylation is 2. The molecule has 0 spiro atoms. The average molecular weight is 338 g/mol. The first-order valence-electron chi connectivity index (χ1n) is 8.37. The highest BCUT2D eigenvalue weighted by atomic mass is 16.1. The predicted octanol–water partition coefficient (Wildman–Crippen LogP) is 2.23. The van der Waals surface area contributed by atoms with E-state index in [1.807, 2.05) is 38.2 Å². The molecule has 0 aliphatic heterocycles. The molecule has 7 heteroatoms. The lowest BCUT2D eigenvalue weighted by Crippen LogP contribution is -2.26. The molecule has 7 nitrogen and oxygen atoms in total. The van der Waals surface area contributed by atoms with Gasteiger partial charge in [-0.05, 0) is 31.9 Å². The van der Waals surface area contributed by atoms with Gasteiger partial charge in [0.2, 0.25) is 0 Å². The van der Waals surface area contributed by atoms with E-state index in [4.69, 9.17) is 0 Å². The molecular formula is C18H22N6O. The Labute approximate surface area is 146 Å². The average Bonchev–Trinajstić information content (AvgIpc) is 3.28. The zero-order chi connectivity index (χ0) is 17.6. The van der Waals surface area contributed by atoms with Gasteiger partial charge in [0.1, 0.15) is 17.8 Å². The van der Waals surface area contributed by atoms with Crippen molar-refractivity contribution in [3.8, 4) is 0 Å². The van der Waals surface area contributed by atoms with Gasteiger partial charge in [-0.1, -0.05) is 30.3 Å².